The molecule has 2 nitrogen and oxygen atoms in total. The van der Waals surface area contributed by atoms with Crippen LogP contribution in [0, 0.1) is 0 Å². The van der Waals surface area contributed by atoms with E-state index in [4.69, 9.17) is 5.73 Å². The fraction of sp³-hybridized carbons (Fsp3) is 0.300. The highest BCUT2D eigenvalue weighted by Crippen LogP contribution is 2.10. The number of rotatable bonds is 4. The first-order chi connectivity index (χ1) is 5.57. The van der Waals surface area contributed by atoms with Gasteiger partial charge in [-0.05, 0) is 25.0 Å². The second-order valence-electron chi connectivity index (χ2n) is 2.62. The van der Waals surface area contributed by atoms with Crippen molar-refractivity contribution in [2.24, 2.45) is 5.73 Å². The van der Waals surface area contributed by atoms with Crippen LogP contribution in [0.25, 0.3) is 0 Å². The fourth-order valence-corrected chi connectivity index (χ4v) is 0.708. The average Bonchev–Trinajstić information content (AvgIpc) is 1.98. The number of primary amides is 1. The first-order valence-electron chi connectivity index (χ1n) is 3.84. The van der Waals surface area contributed by atoms with Crippen LogP contribution in [-0.4, -0.2) is 5.91 Å². The van der Waals surface area contributed by atoms with Crippen molar-refractivity contribution in [3.05, 3.63) is 36.0 Å². The molecule has 0 unspecified atom stereocenters. The summed E-state index contributed by atoms with van der Waals surface area (Å²) in [7, 11) is 0. The minimum Gasteiger partial charge on any atom is -0.369 e. The van der Waals surface area contributed by atoms with Crippen molar-refractivity contribution in [2.45, 2.75) is 20.3 Å². The monoisotopic (exact) mass is 165 g/mol. The van der Waals surface area contributed by atoms with Crippen molar-refractivity contribution in [3.63, 3.8) is 0 Å². The first kappa shape index (κ1) is 10.7. The summed E-state index contributed by atoms with van der Waals surface area (Å²) in [6.07, 6.45) is 5.97. The van der Waals surface area contributed by atoms with Crippen LogP contribution in [0.1, 0.15) is 20.3 Å². The molecule has 0 spiro atoms. The van der Waals surface area contributed by atoms with Crippen LogP contribution >= 0.6 is 0 Å². The zero-order chi connectivity index (χ0) is 9.56. The lowest BCUT2D eigenvalue weighted by Gasteiger charge is -2.01. The number of hydrogen-bond acceptors (Lipinski definition) is 1. The molecule has 0 aliphatic rings. The molecule has 0 rings (SSSR count). The van der Waals surface area contributed by atoms with Gasteiger partial charge in [-0.1, -0.05) is 24.8 Å². The summed E-state index contributed by atoms with van der Waals surface area (Å²) in [6, 6.07) is 0. The molecule has 1 amide bonds. The number of hydrogen-bond donors (Lipinski definition) is 1. The van der Waals surface area contributed by atoms with Crippen molar-refractivity contribution in [3.8, 4) is 0 Å². The number of carbonyl (C=O) groups is 1. The lowest BCUT2D eigenvalue weighted by Crippen LogP contribution is -2.11. The minimum absolute atomic E-state index is 0.236. The van der Waals surface area contributed by atoms with Crippen LogP contribution in [-0.2, 0) is 4.79 Å². The van der Waals surface area contributed by atoms with Gasteiger partial charge in [-0.3, -0.25) is 4.79 Å². The molecule has 0 aromatic carbocycles. The normalized spacial score (nSPS) is 12.0. The molecule has 0 radical (unpaired) electrons. The molecular weight excluding hydrogens is 150 g/mol. The average molecular weight is 165 g/mol. The Kier molecular flexibility index (Phi) is 4.77. The molecule has 0 saturated heterocycles. The molecule has 0 aliphatic heterocycles. The van der Waals surface area contributed by atoms with Crippen molar-refractivity contribution in [1.29, 1.82) is 0 Å². The summed E-state index contributed by atoms with van der Waals surface area (Å²) < 4.78 is 0. The molecule has 66 valence electrons. The van der Waals surface area contributed by atoms with Crippen LogP contribution in [0.3, 0.4) is 0 Å². The molecule has 0 aliphatic carbocycles. The summed E-state index contributed by atoms with van der Waals surface area (Å²) in [5, 5.41) is 0. The van der Waals surface area contributed by atoms with Gasteiger partial charge in [0.2, 0.25) is 5.91 Å². The first-order valence-corrected chi connectivity index (χ1v) is 3.84. The third-order valence-electron chi connectivity index (χ3n) is 1.48. The minimum atomic E-state index is -0.340. The molecule has 0 fully saturated rings. The van der Waals surface area contributed by atoms with E-state index in [0.717, 1.165) is 11.1 Å². The summed E-state index contributed by atoms with van der Waals surface area (Å²) >= 11 is 0. The van der Waals surface area contributed by atoms with Crippen molar-refractivity contribution < 1.29 is 4.79 Å². The molecule has 12 heavy (non-hydrogen) atoms. The predicted octanol–water partition coefficient (Wildman–Crippen LogP) is 1.94. The van der Waals surface area contributed by atoms with Crippen LogP contribution < -0.4 is 5.73 Å². The Balaban J connectivity index is 4.19. The van der Waals surface area contributed by atoms with E-state index in [2.05, 4.69) is 6.58 Å². The van der Waals surface area contributed by atoms with Crippen LogP contribution in [0.15, 0.2) is 36.0 Å². The van der Waals surface area contributed by atoms with Gasteiger partial charge in [0.05, 0.1) is 6.42 Å². The highest BCUT2D eigenvalue weighted by molar-refractivity contribution is 5.77. The second-order valence-corrected chi connectivity index (χ2v) is 2.62. The zero-order valence-electron chi connectivity index (χ0n) is 7.63. The lowest BCUT2D eigenvalue weighted by atomic mass is 10.1. The number of carbonyl (C=O) groups excluding carboxylic acids is 1. The molecule has 0 aromatic heterocycles. The highest BCUT2D eigenvalue weighted by Gasteiger charge is 1.99. The standard InChI is InChI=1S/C10H15NO/c1-4-5-6-8(2)9(3)7-10(11)12/h4-6H,3,7H2,1-2H3,(H2,11,12)/b5-4-,8-6-. The van der Waals surface area contributed by atoms with Gasteiger partial charge >= 0.3 is 0 Å². The number of allylic oxidation sites excluding steroid dienone is 4. The molecular formula is C10H15NO. The molecule has 2 N–H and O–H groups in total. The lowest BCUT2D eigenvalue weighted by molar-refractivity contribution is -0.117. The van der Waals surface area contributed by atoms with Gasteiger partial charge in [-0.25, -0.2) is 0 Å². The van der Waals surface area contributed by atoms with E-state index in [1.54, 1.807) is 0 Å². The maximum Gasteiger partial charge on any atom is 0.221 e. The van der Waals surface area contributed by atoms with Gasteiger partial charge in [0.1, 0.15) is 0 Å². The third-order valence-corrected chi connectivity index (χ3v) is 1.48. The Hall–Kier alpha value is -1.31. The van der Waals surface area contributed by atoms with Gasteiger partial charge in [-0.15, -0.1) is 0 Å². The zero-order valence-corrected chi connectivity index (χ0v) is 7.63. The second kappa shape index (κ2) is 5.35. The van der Waals surface area contributed by atoms with Gasteiger partial charge in [0.25, 0.3) is 0 Å². The van der Waals surface area contributed by atoms with Gasteiger partial charge in [0, 0.05) is 0 Å². The molecule has 0 saturated carbocycles. The number of amides is 1. The maximum absolute atomic E-state index is 10.5. The molecule has 0 aromatic rings. The SMILES string of the molecule is C=C(CC(N)=O)/C(C)=C\C=C/C. The van der Waals surface area contributed by atoms with E-state index in [0.29, 0.717) is 0 Å². The topological polar surface area (TPSA) is 43.1 Å². The molecule has 2 heteroatoms. The van der Waals surface area contributed by atoms with Crippen LogP contribution in [0.4, 0.5) is 0 Å². The molecule has 0 bridgehead atoms. The summed E-state index contributed by atoms with van der Waals surface area (Å²) in [5.74, 6) is -0.340. The van der Waals surface area contributed by atoms with Crippen LogP contribution in [0.5, 0.6) is 0 Å². The summed E-state index contributed by atoms with van der Waals surface area (Å²) in [4.78, 5) is 10.5. The van der Waals surface area contributed by atoms with Gasteiger partial charge in [-0.2, -0.15) is 0 Å². The van der Waals surface area contributed by atoms with E-state index in [1.165, 1.54) is 0 Å². The Morgan fingerprint density at radius 3 is 2.58 bits per heavy atom. The highest BCUT2D eigenvalue weighted by atomic mass is 16.1. The van der Waals surface area contributed by atoms with Crippen LogP contribution in [0.2, 0.25) is 0 Å². The van der Waals surface area contributed by atoms with E-state index >= 15 is 0 Å². The Morgan fingerprint density at radius 1 is 1.58 bits per heavy atom. The van der Waals surface area contributed by atoms with E-state index < -0.39 is 0 Å². The van der Waals surface area contributed by atoms with Crippen molar-refractivity contribution in [1.82, 2.24) is 0 Å². The largest absolute Gasteiger partial charge is 0.369 e. The predicted molar refractivity (Wildman–Crippen MR) is 51.5 cm³/mol. The Morgan fingerprint density at radius 2 is 2.17 bits per heavy atom. The van der Waals surface area contributed by atoms with Gasteiger partial charge in [0.15, 0.2) is 0 Å². The van der Waals surface area contributed by atoms with E-state index in [-0.39, 0.29) is 12.3 Å². The molecule has 0 heterocycles. The van der Waals surface area contributed by atoms with Crippen molar-refractivity contribution >= 4 is 5.91 Å². The van der Waals surface area contributed by atoms with Gasteiger partial charge < -0.3 is 5.73 Å². The summed E-state index contributed by atoms with van der Waals surface area (Å²) in [6.45, 7) is 7.58. The third kappa shape index (κ3) is 4.50. The van der Waals surface area contributed by atoms with Crippen molar-refractivity contribution in [2.75, 3.05) is 0 Å². The quantitative estimate of drug-likeness (QED) is 0.635. The Labute approximate surface area is 73.5 Å². The van der Waals surface area contributed by atoms with E-state index in [9.17, 15) is 4.79 Å². The Bertz CT molecular complexity index is 236. The maximum atomic E-state index is 10.5. The molecule has 0 atom stereocenters. The number of nitrogens with two attached hydrogens (primary N) is 1. The van der Waals surface area contributed by atoms with E-state index in [1.807, 2.05) is 32.1 Å². The fourth-order valence-electron chi connectivity index (χ4n) is 0.708. The smallest absolute Gasteiger partial charge is 0.221 e. The summed E-state index contributed by atoms with van der Waals surface area (Å²) in [5.41, 5.74) is 6.79.